The number of hydrogen-bond acceptors (Lipinski definition) is 3. The van der Waals surface area contributed by atoms with Crippen molar-refractivity contribution in [3.05, 3.63) is 29.3 Å². The van der Waals surface area contributed by atoms with Gasteiger partial charge in [0.05, 0.1) is 11.8 Å². The summed E-state index contributed by atoms with van der Waals surface area (Å²) < 4.78 is 0. The van der Waals surface area contributed by atoms with Crippen molar-refractivity contribution in [2.75, 3.05) is 37.6 Å². The number of amides is 2. The van der Waals surface area contributed by atoms with Gasteiger partial charge in [0, 0.05) is 38.4 Å². The minimum absolute atomic E-state index is 0.0473. The van der Waals surface area contributed by atoms with Crippen LogP contribution in [0.25, 0.3) is 0 Å². The highest BCUT2D eigenvalue weighted by Gasteiger charge is 2.49. The Morgan fingerprint density at radius 1 is 1.12 bits per heavy atom. The Morgan fingerprint density at radius 3 is 2.46 bits per heavy atom. The molecule has 1 heterocycles. The van der Waals surface area contributed by atoms with Gasteiger partial charge in [-0.15, -0.1) is 0 Å². The van der Waals surface area contributed by atoms with Crippen LogP contribution in [0.5, 0.6) is 0 Å². The molecule has 1 saturated carbocycles. The van der Waals surface area contributed by atoms with Crippen LogP contribution >= 0.6 is 0 Å². The number of carbonyl (C=O) groups is 2. The molecule has 0 radical (unpaired) electrons. The first-order chi connectivity index (χ1) is 12.4. The summed E-state index contributed by atoms with van der Waals surface area (Å²) in [6, 6.07) is 6.39. The zero-order valence-corrected chi connectivity index (χ0v) is 16.4. The van der Waals surface area contributed by atoms with Gasteiger partial charge in [-0.25, -0.2) is 0 Å². The molecule has 142 valence electrons. The maximum atomic E-state index is 12.7. The summed E-state index contributed by atoms with van der Waals surface area (Å²) in [5, 5.41) is 2.95. The standard InChI is InChI=1S/C21H31N3O2/c1-14(2)13-22-20(25)17-12-18(17)21(26)24-10-8-23(9-11-24)19-7-5-6-15(3)16(19)4/h5-7,14,17-18H,8-13H2,1-4H3,(H,22,25). The lowest BCUT2D eigenvalue weighted by atomic mass is 10.1. The average molecular weight is 357 g/mol. The topological polar surface area (TPSA) is 52.7 Å². The number of nitrogens with zero attached hydrogens (tertiary/aromatic N) is 2. The molecule has 2 unspecified atom stereocenters. The number of anilines is 1. The molecule has 0 aromatic heterocycles. The maximum absolute atomic E-state index is 12.7. The van der Waals surface area contributed by atoms with Gasteiger partial charge < -0.3 is 15.1 Å². The number of nitrogens with one attached hydrogen (secondary N) is 1. The zero-order chi connectivity index (χ0) is 18.8. The van der Waals surface area contributed by atoms with Crippen molar-refractivity contribution in [3.8, 4) is 0 Å². The Hall–Kier alpha value is -2.04. The summed E-state index contributed by atoms with van der Waals surface area (Å²) in [6.07, 6.45) is 0.708. The van der Waals surface area contributed by atoms with Gasteiger partial charge in [-0.1, -0.05) is 26.0 Å². The third kappa shape index (κ3) is 4.02. The van der Waals surface area contributed by atoms with Crippen LogP contribution in [0.3, 0.4) is 0 Å². The van der Waals surface area contributed by atoms with E-state index in [2.05, 4.69) is 56.1 Å². The van der Waals surface area contributed by atoms with Gasteiger partial charge in [-0.3, -0.25) is 9.59 Å². The summed E-state index contributed by atoms with van der Waals surface area (Å²) in [6.45, 7) is 12.3. The van der Waals surface area contributed by atoms with Gasteiger partial charge in [0.2, 0.25) is 11.8 Å². The molecule has 2 atom stereocenters. The van der Waals surface area contributed by atoms with E-state index in [1.165, 1.54) is 16.8 Å². The third-order valence-corrected chi connectivity index (χ3v) is 5.64. The smallest absolute Gasteiger partial charge is 0.226 e. The minimum Gasteiger partial charge on any atom is -0.368 e. The molecule has 1 N–H and O–H groups in total. The van der Waals surface area contributed by atoms with Gasteiger partial charge in [-0.05, 0) is 43.4 Å². The fourth-order valence-electron chi connectivity index (χ4n) is 3.67. The van der Waals surface area contributed by atoms with Crippen molar-refractivity contribution in [1.29, 1.82) is 0 Å². The lowest BCUT2D eigenvalue weighted by Crippen LogP contribution is -2.49. The monoisotopic (exact) mass is 357 g/mol. The van der Waals surface area contributed by atoms with E-state index in [1.807, 2.05) is 4.90 Å². The van der Waals surface area contributed by atoms with Crippen molar-refractivity contribution >= 4 is 17.5 Å². The van der Waals surface area contributed by atoms with Crippen molar-refractivity contribution in [1.82, 2.24) is 10.2 Å². The predicted octanol–water partition coefficient (Wildman–Crippen LogP) is 2.36. The molecule has 0 spiro atoms. The number of piperazine rings is 1. The Balaban J connectivity index is 1.50. The van der Waals surface area contributed by atoms with E-state index in [0.29, 0.717) is 18.9 Å². The third-order valence-electron chi connectivity index (χ3n) is 5.64. The normalized spacial score (nSPS) is 22.5. The van der Waals surface area contributed by atoms with Crippen LogP contribution < -0.4 is 10.2 Å². The highest BCUT2D eigenvalue weighted by atomic mass is 16.2. The molecule has 1 aromatic rings. The van der Waals surface area contributed by atoms with Gasteiger partial charge in [-0.2, -0.15) is 0 Å². The first-order valence-electron chi connectivity index (χ1n) is 9.76. The summed E-state index contributed by atoms with van der Waals surface area (Å²) in [5.74, 6) is 0.430. The number of benzene rings is 1. The second-order valence-corrected chi connectivity index (χ2v) is 8.12. The molecule has 0 bridgehead atoms. The molecular weight excluding hydrogens is 326 g/mol. The second-order valence-electron chi connectivity index (χ2n) is 8.12. The predicted molar refractivity (Wildman–Crippen MR) is 104 cm³/mol. The molecular formula is C21H31N3O2. The van der Waals surface area contributed by atoms with Crippen molar-refractivity contribution in [3.63, 3.8) is 0 Å². The van der Waals surface area contributed by atoms with E-state index in [1.54, 1.807) is 0 Å². The van der Waals surface area contributed by atoms with E-state index < -0.39 is 0 Å². The number of aryl methyl sites for hydroxylation is 1. The number of hydrogen-bond donors (Lipinski definition) is 1. The average Bonchev–Trinajstić information content (AvgIpc) is 3.42. The van der Waals surface area contributed by atoms with Crippen LogP contribution in [0.4, 0.5) is 5.69 Å². The van der Waals surface area contributed by atoms with E-state index in [9.17, 15) is 9.59 Å². The summed E-state index contributed by atoms with van der Waals surface area (Å²) >= 11 is 0. The first kappa shape index (κ1) is 18.7. The van der Waals surface area contributed by atoms with Crippen LogP contribution in [0, 0.1) is 31.6 Å². The molecule has 26 heavy (non-hydrogen) atoms. The van der Waals surface area contributed by atoms with Crippen molar-refractivity contribution < 1.29 is 9.59 Å². The number of carbonyl (C=O) groups excluding carboxylic acids is 2. The van der Waals surface area contributed by atoms with Crippen LogP contribution in [-0.4, -0.2) is 49.4 Å². The van der Waals surface area contributed by atoms with Gasteiger partial charge >= 0.3 is 0 Å². The molecule has 1 aromatic carbocycles. The summed E-state index contributed by atoms with van der Waals surface area (Å²) in [5.41, 5.74) is 3.89. The van der Waals surface area contributed by atoms with E-state index in [-0.39, 0.29) is 23.7 Å². The molecule has 1 aliphatic carbocycles. The molecule has 5 heteroatoms. The Morgan fingerprint density at radius 2 is 1.81 bits per heavy atom. The van der Waals surface area contributed by atoms with Gasteiger partial charge in [0.15, 0.2) is 0 Å². The highest BCUT2D eigenvalue weighted by molar-refractivity contribution is 5.92. The lowest BCUT2D eigenvalue weighted by Gasteiger charge is -2.37. The van der Waals surface area contributed by atoms with Crippen LogP contribution in [-0.2, 0) is 9.59 Å². The quantitative estimate of drug-likeness (QED) is 0.880. The minimum atomic E-state index is -0.113. The first-order valence-corrected chi connectivity index (χ1v) is 9.76. The molecule has 2 aliphatic rings. The van der Waals surface area contributed by atoms with Crippen LogP contribution in [0.1, 0.15) is 31.4 Å². The fraction of sp³-hybridized carbons (Fsp3) is 0.619. The molecule has 3 rings (SSSR count). The van der Waals surface area contributed by atoms with Crippen molar-refractivity contribution in [2.24, 2.45) is 17.8 Å². The number of rotatable bonds is 5. The van der Waals surface area contributed by atoms with E-state index >= 15 is 0 Å². The summed E-state index contributed by atoms with van der Waals surface area (Å²) in [7, 11) is 0. The van der Waals surface area contributed by atoms with Crippen LogP contribution in [0.15, 0.2) is 18.2 Å². The summed E-state index contributed by atoms with van der Waals surface area (Å²) in [4.78, 5) is 29.1. The molecule has 1 aliphatic heterocycles. The molecule has 1 saturated heterocycles. The maximum Gasteiger partial charge on any atom is 0.226 e. The van der Waals surface area contributed by atoms with E-state index in [0.717, 1.165) is 26.2 Å². The van der Waals surface area contributed by atoms with Crippen LogP contribution in [0.2, 0.25) is 0 Å². The second kappa shape index (κ2) is 7.68. The highest BCUT2D eigenvalue weighted by Crippen LogP contribution is 2.40. The zero-order valence-electron chi connectivity index (χ0n) is 16.4. The molecule has 2 amide bonds. The molecule has 5 nitrogen and oxygen atoms in total. The lowest BCUT2D eigenvalue weighted by molar-refractivity contribution is -0.135. The Labute approximate surface area is 156 Å². The molecule has 2 fully saturated rings. The fourth-order valence-corrected chi connectivity index (χ4v) is 3.67. The van der Waals surface area contributed by atoms with E-state index in [4.69, 9.17) is 0 Å². The van der Waals surface area contributed by atoms with Gasteiger partial charge in [0.1, 0.15) is 0 Å². The largest absolute Gasteiger partial charge is 0.368 e. The SMILES string of the molecule is Cc1cccc(N2CCN(C(=O)C3CC3C(=O)NCC(C)C)CC2)c1C. The van der Waals surface area contributed by atoms with Gasteiger partial charge in [0.25, 0.3) is 0 Å². The Bertz CT molecular complexity index is 678. The van der Waals surface area contributed by atoms with Crippen molar-refractivity contribution in [2.45, 2.75) is 34.1 Å². The Kier molecular flexibility index (Phi) is 5.54.